The van der Waals surface area contributed by atoms with Crippen LogP contribution in [0.3, 0.4) is 0 Å². The van der Waals surface area contributed by atoms with E-state index in [4.69, 9.17) is 27.9 Å². The number of carbonyl (C=O) groups is 2. The van der Waals surface area contributed by atoms with Crippen molar-refractivity contribution in [3.63, 3.8) is 0 Å². The number of methoxy groups -OCH3 is 1. The van der Waals surface area contributed by atoms with Crippen LogP contribution in [0.4, 0.5) is 11.4 Å². The van der Waals surface area contributed by atoms with E-state index in [1.54, 1.807) is 25.1 Å². The summed E-state index contributed by atoms with van der Waals surface area (Å²) < 4.78 is 34.0. The van der Waals surface area contributed by atoms with Crippen LogP contribution in [0.1, 0.15) is 24.5 Å². The number of benzene rings is 3. The van der Waals surface area contributed by atoms with Crippen molar-refractivity contribution < 1.29 is 27.7 Å². The lowest BCUT2D eigenvalue weighted by molar-refractivity contribution is -0.385. The Bertz CT molecular complexity index is 1580. The number of rotatable bonds is 12. The summed E-state index contributed by atoms with van der Waals surface area (Å²) in [6, 6.07) is 13.3. The molecule has 1 N–H and O–H groups in total. The number of likely N-dealkylation sites (N-methyl/N-ethyl adjacent to an activating group) is 1. The summed E-state index contributed by atoms with van der Waals surface area (Å²) in [4.78, 5) is 38.6. The lowest BCUT2D eigenvalue weighted by Crippen LogP contribution is -2.51. The van der Waals surface area contributed by atoms with E-state index in [0.717, 1.165) is 10.4 Å². The monoisotopic (exact) mass is 636 g/mol. The molecule has 0 radical (unpaired) electrons. The number of ether oxygens (including phenoxy) is 1. The summed E-state index contributed by atoms with van der Waals surface area (Å²) in [5, 5.41) is 14.7. The lowest BCUT2D eigenvalue weighted by atomic mass is 10.1. The maximum Gasteiger partial charge on any atom is 0.273 e. The van der Waals surface area contributed by atoms with E-state index < -0.39 is 39.3 Å². The molecule has 3 aromatic carbocycles. The Kier molecular flexibility index (Phi) is 10.8. The molecule has 0 aliphatic rings. The van der Waals surface area contributed by atoms with Crippen LogP contribution in [-0.4, -0.2) is 56.8 Å². The van der Waals surface area contributed by atoms with E-state index in [-0.39, 0.29) is 39.8 Å². The molecule has 0 fully saturated rings. The van der Waals surface area contributed by atoms with Crippen molar-refractivity contribution in [2.45, 2.75) is 37.8 Å². The van der Waals surface area contributed by atoms with E-state index in [1.807, 2.05) is 0 Å². The maximum absolute atomic E-state index is 14.0. The van der Waals surface area contributed by atoms with Crippen molar-refractivity contribution in [3.8, 4) is 5.75 Å². The quantitative estimate of drug-likeness (QED) is 0.219. The fourth-order valence-electron chi connectivity index (χ4n) is 4.27. The van der Waals surface area contributed by atoms with E-state index in [2.05, 4.69) is 5.32 Å². The molecule has 3 rings (SSSR count). The number of nitro groups is 1. The summed E-state index contributed by atoms with van der Waals surface area (Å²) in [5.41, 5.74) is 0.558. The average Bonchev–Trinajstić information content (AvgIpc) is 2.97. The maximum atomic E-state index is 14.0. The van der Waals surface area contributed by atoms with E-state index >= 15 is 0 Å². The molecule has 0 heterocycles. The van der Waals surface area contributed by atoms with Gasteiger partial charge in [0.05, 0.1) is 32.7 Å². The van der Waals surface area contributed by atoms with Gasteiger partial charge in [0.25, 0.3) is 15.7 Å². The van der Waals surface area contributed by atoms with E-state index in [0.29, 0.717) is 16.3 Å². The number of hydrogen-bond donors (Lipinski definition) is 1. The van der Waals surface area contributed by atoms with Crippen molar-refractivity contribution in [2.24, 2.45) is 0 Å². The first-order valence-corrected chi connectivity index (χ1v) is 14.9. The molecule has 42 heavy (non-hydrogen) atoms. The zero-order valence-corrected chi connectivity index (χ0v) is 25.7. The number of nitrogens with zero attached hydrogens (tertiary/aromatic N) is 3. The van der Waals surface area contributed by atoms with Crippen LogP contribution in [0.25, 0.3) is 0 Å². The molecule has 0 aromatic heterocycles. The number of hydrogen-bond acceptors (Lipinski definition) is 7. The second-order valence-corrected chi connectivity index (χ2v) is 11.9. The second-order valence-electron chi connectivity index (χ2n) is 9.22. The van der Waals surface area contributed by atoms with Crippen molar-refractivity contribution in [3.05, 3.63) is 92.0 Å². The molecular weight excluding hydrogens is 607 g/mol. The van der Waals surface area contributed by atoms with Gasteiger partial charge in [-0.05, 0) is 61.4 Å². The molecule has 0 aliphatic carbocycles. The van der Waals surface area contributed by atoms with Crippen LogP contribution in [0.5, 0.6) is 5.75 Å². The smallest absolute Gasteiger partial charge is 0.273 e. The van der Waals surface area contributed by atoms with Gasteiger partial charge in [0.2, 0.25) is 11.8 Å². The lowest BCUT2D eigenvalue weighted by Gasteiger charge is -2.33. The minimum atomic E-state index is -4.52. The Morgan fingerprint density at radius 1 is 1.05 bits per heavy atom. The van der Waals surface area contributed by atoms with E-state index in [9.17, 15) is 28.1 Å². The minimum absolute atomic E-state index is 0.0752. The number of nitro benzene ring substituents is 1. The fraction of sp³-hybridized carbons (Fsp3) is 0.286. The third-order valence-electron chi connectivity index (χ3n) is 6.57. The molecule has 1 atom stereocenters. The van der Waals surface area contributed by atoms with Gasteiger partial charge in [-0.15, -0.1) is 0 Å². The topological polar surface area (TPSA) is 139 Å². The molecule has 0 saturated heterocycles. The third kappa shape index (κ3) is 7.30. The third-order valence-corrected chi connectivity index (χ3v) is 9.08. The molecule has 0 saturated carbocycles. The Hall–Kier alpha value is -3.87. The molecule has 0 aliphatic heterocycles. The number of anilines is 1. The SMILES string of the molecule is CC[C@H](C(=O)NC)N(Cc1ccc(Cl)c(Cl)c1)C(=O)CN(c1ccc(OC)cc1)S(=O)(=O)c1ccc(C)c([N+](=O)[O-])c1. The normalized spacial score (nSPS) is 11.9. The number of amides is 2. The summed E-state index contributed by atoms with van der Waals surface area (Å²) in [6.07, 6.45) is 0.228. The number of nitrogens with one attached hydrogen (secondary N) is 1. The first-order valence-electron chi connectivity index (χ1n) is 12.7. The summed E-state index contributed by atoms with van der Waals surface area (Å²) in [5.74, 6) is -0.697. The van der Waals surface area contributed by atoms with E-state index in [1.165, 1.54) is 62.4 Å². The summed E-state index contributed by atoms with van der Waals surface area (Å²) >= 11 is 12.2. The Labute approximate surface area is 254 Å². The largest absolute Gasteiger partial charge is 0.497 e. The highest BCUT2D eigenvalue weighted by atomic mass is 35.5. The van der Waals surface area contributed by atoms with Gasteiger partial charge in [-0.25, -0.2) is 8.42 Å². The molecule has 224 valence electrons. The average molecular weight is 638 g/mol. The fourth-order valence-corrected chi connectivity index (χ4v) is 6.03. The Morgan fingerprint density at radius 2 is 1.71 bits per heavy atom. The van der Waals surface area contributed by atoms with Crippen molar-refractivity contribution in [1.29, 1.82) is 0 Å². The predicted molar refractivity (Wildman–Crippen MR) is 161 cm³/mol. The predicted octanol–water partition coefficient (Wildman–Crippen LogP) is 4.97. The number of aryl methyl sites for hydroxylation is 1. The van der Waals surface area contributed by atoms with Gasteiger partial charge in [0.1, 0.15) is 18.3 Å². The van der Waals surface area contributed by atoms with Gasteiger partial charge in [0, 0.05) is 25.2 Å². The molecule has 14 heteroatoms. The van der Waals surface area contributed by atoms with Crippen LogP contribution < -0.4 is 14.4 Å². The highest BCUT2D eigenvalue weighted by Crippen LogP contribution is 2.30. The first-order chi connectivity index (χ1) is 19.8. The van der Waals surface area contributed by atoms with Gasteiger partial charge in [-0.2, -0.15) is 0 Å². The number of sulfonamides is 1. The second kappa shape index (κ2) is 13.9. The molecule has 0 unspecified atom stereocenters. The standard InChI is InChI=1S/C28H30Cl2N4O7S/c1-5-25(28(36)31-3)32(16-19-7-13-23(29)24(30)14-19)27(35)17-33(20-8-10-21(41-4)11-9-20)42(39,40)22-12-6-18(2)26(15-22)34(37)38/h6-15,25H,5,16-17H2,1-4H3,(H,31,36)/t25-/m1/s1. The highest BCUT2D eigenvalue weighted by molar-refractivity contribution is 7.92. The molecule has 3 aromatic rings. The zero-order valence-electron chi connectivity index (χ0n) is 23.3. The number of carbonyl (C=O) groups excluding carboxylic acids is 2. The van der Waals surface area contributed by atoms with Crippen molar-refractivity contribution in [1.82, 2.24) is 10.2 Å². The summed E-state index contributed by atoms with van der Waals surface area (Å²) in [6.45, 7) is 2.42. The summed E-state index contributed by atoms with van der Waals surface area (Å²) in [7, 11) is -1.63. The number of halogens is 2. The molecule has 2 amide bonds. The van der Waals surface area contributed by atoms with Gasteiger partial charge in [0.15, 0.2) is 0 Å². The molecular formula is C28H30Cl2N4O7S. The van der Waals surface area contributed by atoms with Crippen LogP contribution in [-0.2, 0) is 26.2 Å². The minimum Gasteiger partial charge on any atom is -0.497 e. The first kappa shape index (κ1) is 32.6. The van der Waals surface area contributed by atoms with Gasteiger partial charge < -0.3 is 15.0 Å². The van der Waals surface area contributed by atoms with Crippen LogP contribution >= 0.6 is 23.2 Å². The molecule has 11 nitrogen and oxygen atoms in total. The zero-order chi connectivity index (χ0) is 31.2. The van der Waals surface area contributed by atoms with Gasteiger partial charge >= 0.3 is 0 Å². The molecule has 0 spiro atoms. The van der Waals surface area contributed by atoms with Crippen molar-refractivity contribution >= 4 is 56.4 Å². The highest BCUT2D eigenvalue weighted by Gasteiger charge is 2.34. The Balaban J connectivity index is 2.13. The van der Waals surface area contributed by atoms with Gasteiger partial charge in [-0.1, -0.05) is 42.3 Å². The van der Waals surface area contributed by atoms with Gasteiger partial charge in [-0.3, -0.25) is 24.0 Å². The molecule has 0 bridgehead atoms. The van der Waals surface area contributed by atoms with Crippen LogP contribution in [0.15, 0.2) is 65.6 Å². The Morgan fingerprint density at radius 3 is 2.26 bits per heavy atom. The van der Waals surface area contributed by atoms with Crippen LogP contribution in [0, 0.1) is 17.0 Å². The van der Waals surface area contributed by atoms with Crippen LogP contribution in [0.2, 0.25) is 10.0 Å². The van der Waals surface area contributed by atoms with Crippen molar-refractivity contribution in [2.75, 3.05) is 25.0 Å².